The molecule has 16 heavy (non-hydrogen) atoms. The second-order valence-corrected chi connectivity index (χ2v) is 3.83. The van der Waals surface area contributed by atoms with Crippen molar-refractivity contribution in [1.29, 1.82) is 0 Å². The molecule has 0 saturated heterocycles. The Morgan fingerprint density at radius 2 is 2.19 bits per heavy atom. The van der Waals surface area contributed by atoms with E-state index in [0.29, 0.717) is 12.0 Å². The van der Waals surface area contributed by atoms with Gasteiger partial charge in [0.05, 0.1) is 12.4 Å². The number of rotatable bonds is 6. The average molecular weight is 226 g/mol. The van der Waals surface area contributed by atoms with Crippen molar-refractivity contribution >= 4 is 6.29 Å². The Hall–Kier alpha value is -1.09. The van der Waals surface area contributed by atoms with Crippen LogP contribution < -0.4 is 0 Å². The number of carbonyl (C=O) groups excluding carboxylic acids is 1. The minimum absolute atomic E-state index is 0.0955. The number of hydrogen-bond donors (Lipinski definition) is 1. The molecule has 1 unspecified atom stereocenters. The van der Waals surface area contributed by atoms with Gasteiger partial charge < -0.3 is 9.52 Å². The molecule has 1 heterocycles. The van der Waals surface area contributed by atoms with E-state index in [1.165, 1.54) is 31.9 Å². The molecule has 1 N–H and O–H groups in total. The summed E-state index contributed by atoms with van der Waals surface area (Å²) in [5.41, 5.74) is 0. The third-order valence-electron chi connectivity index (χ3n) is 2.13. The van der Waals surface area contributed by atoms with Gasteiger partial charge in [-0.1, -0.05) is 32.6 Å². The Kier molecular flexibility index (Phi) is 9.72. The van der Waals surface area contributed by atoms with E-state index in [-0.39, 0.29) is 6.10 Å². The van der Waals surface area contributed by atoms with Crippen molar-refractivity contribution in [3.05, 3.63) is 24.2 Å². The van der Waals surface area contributed by atoms with Crippen molar-refractivity contribution in [2.45, 2.75) is 52.1 Å². The van der Waals surface area contributed by atoms with Crippen LogP contribution in [0.15, 0.2) is 22.8 Å². The highest BCUT2D eigenvalue weighted by molar-refractivity contribution is 5.69. The molecule has 3 nitrogen and oxygen atoms in total. The van der Waals surface area contributed by atoms with Gasteiger partial charge in [0, 0.05) is 0 Å². The van der Waals surface area contributed by atoms with Gasteiger partial charge in [0.2, 0.25) is 0 Å². The zero-order valence-electron chi connectivity index (χ0n) is 10.2. The smallest absolute Gasteiger partial charge is 0.185 e. The normalized spacial score (nSPS) is 11.4. The van der Waals surface area contributed by atoms with Gasteiger partial charge in [-0.05, 0) is 25.5 Å². The summed E-state index contributed by atoms with van der Waals surface area (Å²) in [6.07, 6.45) is 8.06. The first-order valence-corrected chi connectivity index (χ1v) is 5.87. The van der Waals surface area contributed by atoms with Gasteiger partial charge in [-0.25, -0.2) is 0 Å². The van der Waals surface area contributed by atoms with Gasteiger partial charge in [-0.3, -0.25) is 4.79 Å². The molecule has 0 aromatic carbocycles. The first-order valence-electron chi connectivity index (χ1n) is 5.87. The van der Waals surface area contributed by atoms with E-state index in [0.717, 1.165) is 6.42 Å². The standard InChI is InChI=1S/C8H18O.C5H4O2/c1-3-4-5-6-7-8(2)9;6-4-5-2-1-3-7-5/h8-9H,3-7H2,1-2H3;1-4H. The van der Waals surface area contributed by atoms with Crippen LogP contribution in [0.3, 0.4) is 0 Å². The molecule has 1 atom stereocenters. The van der Waals surface area contributed by atoms with Crippen molar-refractivity contribution in [2.75, 3.05) is 0 Å². The summed E-state index contributed by atoms with van der Waals surface area (Å²) in [7, 11) is 0. The molecular formula is C13H22O3. The maximum absolute atomic E-state index is 9.77. The molecule has 0 aliphatic heterocycles. The van der Waals surface area contributed by atoms with Crippen molar-refractivity contribution in [3.8, 4) is 0 Å². The lowest BCUT2D eigenvalue weighted by Gasteiger charge is -2.01. The summed E-state index contributed by atoms with van der Waals surface area (Å²) < 4.78 is 4.61. The Labute approximate surface area is 97.5 Å². The van der Waals surface area contributed by atoms with Gasteiger partial charge >= 0.3 is 0 Å². The fraction of sp³-hybridized carbons (Fsp3) is 0.615. The van der Waals surface area contributed by atoms with Crippen LogP contribution in [0.25, 0.3) is 0 Å². The van der Waals surface area contributed by atoms with Crippen molar-refractivity contribution in [3.63, 3.8) is 0 Å². The highest BCUT2D eigenvalue weighted by atomic mass is 16.3. The minimum atomic E-state index is -0.0955. The van der Waals surface area contributed by atoms with Crippen LogP contribution >= 0.6 is 0 Å². The predicted molar refractivity (Wildman–Crippen MR) is 64.5 cm³/mol. The highest BCUT2D eigenvalue weighted by Crippen LogP contribution is 2.04. The first kappa shape index (κ1) is 14.9. The van der Waals surface area contributed by atoms with E-state index in [9.17, 15) is 4.79 Å². The lowest BCUT2D eigenvalue weighted by Crippen LogP contribution is -1.97. The Bertz CT molecular complexity index is 240. The van der Waals surface area contributed by atoms with Gasteiger partial charge in [-0.2, -0.15) is 0 Å². The number of unbranched alkanes of at least 4 members (excludes halogenated alkanes) is 3. The molecular weight excluding hydrogens is 204 g/mol. The first-order chi connectivity index (χ1) is 7.70. The van der Waals surface area contributed by atoms with E-state index in [4.69, 9.17) is 5.11 Å². The molecule has 1 aromatic rings. The number of hydrogen-bond acceptors (Lipinski definition) is 3. The molecule has 92 valence electrons. The second kappa shape index (κ2) is 10.4. The summed E-state index contributed by atoms with van der Waals surface area (Å²) in [5.74, 6) is 0.375. The lowest BCUT2D eigenvalue weighted by atomic mass is 10.1. The van der Waals surface area contributed by atoms with Crippen LogP contribution in [0.1, 0.15) is 56.5 Å². The molecule has 0 saturated carbocycles. The topological polar surface area (TPSA) is 50.4 Å². The number of aldehydes is 1. The van der Waals surface area contributed by atoms with E-state index < -0.39 is 0 Å². The third-order valence-corrected chi connectivity index (χ3v) is 2.13. The number of aliphatic hydroxyl groups excluding tert-OH is 1. The lowest BCUT2D eigenvalue weighted by molar-refractivity contribution is 0.110. The summed E-state index contributed by atoms with van der Waals surface area (Å²) in [5, 5.41) is 8.85. The quantitative estimate of drug-likeness (QED) is 0.597. The number of furan rings is 1. The Morgan fingerprint density at radius 1 is 1.44 bits per heavy atom. The molecule has 0 spiro atoms. The van der Waals surface area contributed by atoms with Gasteiger partial charge in [0.1, 0.15) is 0 Å². The van der Waals surface area contributed by atoms with E-state index >= 15 is 0 Å². The number of aliphatic hydroxyl groups is 1. The molecule has 1 aromatic heterocycles. The van der Waals surface area contributed by atoms with Crippen LogP contribution in [0, 0.1) is 0 Å². The molecule has 1 rings (SSSR count). The van der Waals surface area contributed by atoms with Crippen LogP contribution in [-0.2, 0) is 0 Å². The van der Waals surface area contributed by atoms with Gasteiger partial charge in [0.25, 0.3) is 0 Å². The van der Waals surface area contributed by atoms with Crippen LogP contribution in [0.5, 0.6) is 0 Å². The predicted octanol–water partition coefficient (Wildman–Crippen LogP) is 3.43. The fourth-order valence-corrected chi connectivity index (χ4v) is 1.22. The molecule has 0 aliphatic carbocycles. The SMILES string of the molecule is CCCCCCC(C)O.O=Cc1ccco1. The monoisotopic (exact) mass is 226 g/mol. The maximum atomic E-state index is 9.77. The highest BCUT2D eigenvalue weighted by Gasteiger charge is 1.93. The molecule has 0 amide bonds. The third kappa shape index (κ3) is 9.46. The zero-order valence-corrected chi connectivity index (χ0v) is 10.2. The van der Waals surface area contributed by atoms with Gasteiger partial charge in [0.15, 0.2) is 12.0 Å². The summed E-state index contributed by atoms with van der Waals surface area (Å²) in [6, 6.07) is 3.27. The molecule has 0 fully saturated rings. The molecule has 0 bridgehead atoms. The summed E-state index contributed by atoms with van der Waals surface area (Å²) >= 11 is 0. The van der Waals surface area contributed by atoms with Crippen LogP contribution in [0.2, 0.25) is 0 Å². The average Bonchev–Trinajstić information content (AvgIpc) is 2.78. The Balaban J connectivity index is 0.000000288. The van der Waals surface area contributed by atoms with Crippen molar-refractivity contribution in [1.82, 2.24) is 0 Å². The summed E-state index contributed by atoms with van der Waals surface area (Å²) in [4.78, 5) is 9.77. The number of carbonyl (C=O) groups is 1. The van der Waals surface area contributed by atoms with Crippen LogP contribution in [-0.4, -0.2) is 17.5 Å². The Morgan fingerprint density at radius 3 is 2.56 bits per heavy atom. The van der Waals surface area contributed by atoms with E-state index in [2.05, 4.69) is 11.3 Å². The second-order valence-electron chi connectivity index (χ2n) is 3.83. The van der Waals surface area contributed by atoms with E-state index in [1.54, 1.807) is 12.1 Å². The largest absolute Gasteiger partial charge is 0.462 e. The van der Waals surface area contributed by atoms with Crippen molar-refractivity contribution in [2.24, 2.45) is 0 Å². The maximum Gasteiger partial charge on any atom is 0.185 e. The molecule has 0 radical (unpaired) electrons. The molecule has 0 aliphatic rings. The van der Waals surface area contributed by atoms with Crippen LogP contribution in [0.4, 0.5) is 0 Å². The fourth-order valence-electron chi connectivity index (χ4n) is 1.22. The van der Waals surface area contributed by atoms with E-state index in [1.807, 2.05) is 6.92 Å². The zero-order chi connectivity index (χ0) is 12.2. The molecule has 3 heteroatoms. The van der Waals surface area contributed by atoms with Crippen molar-refractivity contribution < 1.29 is 14.3 Å². The van der Waals surface area contributed by atoms with Gasteiger partial charge in [-0.15, -0.1) is 0 Å². The summed E-state index contributed by atoms with van der Waals surface area (Å²) in [6.45, 7) is 4.05. The minimum Gasteiger partial charge on any atom is -0.462 e.